The van der Waals surface area contributed by atoms with Gasteiger partial charge in [-0.3, -0.25) is 0 Å². The monoisotopic (exact) mass is 265 g/mol. The molecule has 0 aromatic heterocycles. The van der Waals surface area contributed by atoms with Gasteiger partial charge in [0.15, 0.2) is 0 Å². The lowest BCUT2D eigenvalue weighted by molar-refractivity contribution is -0.143. The quantitative estimate of drug-likeness (QED) is 0.800. The maximum atomic E-state index is 11.9. The van der Waals surface area contributed by atoms with E-state index in [4.69, 9.17) is 4.84 Å². The summed E-state index contributed by atoms with van der Waals surface area (Å²) in [5.74, 6) is -0.592. The van der Waals surface area contributed by atoms with E-state index in [0.717, 1.165) is 16.8 Å². The van der Waals surface area contributed by atoms with Crippen LogP contribution < -0.4 is 0 Å². The Morgan fingerprint density at radius 3 is 2.50 bits per heavy atom. The Balaban J connectivity index is 1.90. The van der Waals surface area contributed by atoms with Crippen LogP contribution in [-0.2, 0) is 16.1 Å². The Morgan fingerprint density at radius 2 is 1.75 bits per heavy atom. The van der Waals surface area contributed by atoms with E-state index in [0.29, 0.717) is 6.42 Å². The molecule has 0 bridgehead atoms. The Labute approximate surface area is 117 Å². The zero-order valence-electron chi connectivity index (χ0n) is 11.2. The molecule has 1 aliphatic heterocycles. The molecule has 0 amide bonds. The molecule has 1 atom stereocenters. The Morgan fingerprint density at radius 1 is 1.05 bits per heavy atom. The van der Waals surface area contributed by atoms with Crippen LogP contribution in [0.25, 0.3) is 0 Å². The number of benzene rings is 2. The van der Waals surface area contributed by atoms with E-state index >= 15 is 0 Å². The minimum absolute atomic E-state index is 0.271. The lowest BCUT2D eigenvalue weighted by Crippen LogP contribution is -2.22. The molecule has 0 fully saturated rings. The van der Waals surface area contributed by atoms with Gasteiger partial charge in [-0.1, -0.05) is 59.8 Å². The van der Waals surface area contributed by atoms with E-state index in [9.17, 15) is 4.79 Å². The number of hydrogen-bond acceptors (Lipinski definition) is 3. The summed E-state index contributed by atoms with van der Waals surface area (Å²) < 4.78 is 0. The smallest absolute Gasteiger partial charge is 0.317 e. The van der Waals surface area contributed by atoms with Crippen LogP contribution in [0.3, 0.4) is 0 Å². The number of carbonyl (C=O) groups is 1. The standard InChI is InChI=1S/C17H15NO2/c1-12-7-5-6-10-14(12)11-15-16(18-20-17(15)19)13-8-3-2-4-9-13/h2-10,15H,11H2,1H3. The average molecular weight is 265 g/mol. The van der Waals surface area contributed by atoms with Crippen LogP contribution in [0.15, 0.2) is 59.8 Å². The summed E-state index contributed by atoms with van der Waals surface area (Å²) in [6.45, 7) is 2.05. The summed E-state index contributed by atoms with van der Waals surface area (Å²) in [5, 5.41) is 3.96. The molecule has 0 saturated carbocycles. The fourth-order valence-electron chi connectivity index (χ4n) is 2.43. The predicted molar refractivity (Wildman–Crippen MR) is 77.4 cm³/mol. The van der Waals surface area contributed by atoms with Crippen molar-refractivity contribution in [2.75, 3.05) is 0 Å². The molecule has 0 radical (unpaired) electrons. The van der Waals surface area contributed by atoms with Crippen LogP contribution >= 0.6 is 0 Å². The third kappa shape index (κ3) is 2.35. The van der Waals surface area contributed by atoms with Gasteiger partial charge in [0.2, 0.25) is 0 Å². The molecule has 2 aromatic rings. The maximum absolute atomic E-state index is 11.9. The minimum Gasteiger partial charge on any atom is -0.317 e. The van der Waals surface area contributed by atoms with Crippen molar-refractivity contribution in [3.8, 4) is 0 Å². The molecule has 0 N–H and O–H groups in total. The number of oxime groups is 1. The third-order valence-corrected chi connectivity index (χ3v) is 3.60. The predicted octanol–water partition coefficient (Wildman–Crippen LogP) is 3.11. The Kier molecular flexibility index (Phi) is 3.33. The molecule has 0 aliphatic carbocycles. The fraction of sp³-hybridized carbons (Fsp3) is 0.176. The van der Waals surface area contributed by atoms with Gasteiger partial charge in [-0.15, -0.1) is 0 Å². The molecule has 3 rings (SSSR count). The van der Waals surface area contributed by atoms with Crippen LogP contribution in [0.5, 0.6) is 0 Å². The lowest BCUT2D eigenvalue weighted by atomic mass is 9.89. The molecule has 3 nitrogen and oxygen atoms in total. The van der Waals surface area contributed by atoms with E-state index in [-0.39, 0.29) is 11.9 Å². The van der Waals surface area contributed by atoms with Crippen molar-refractivity contribution in [3.63, 3.8) is 0 Å². The fourth-order valence-corrected chi connectivity index (χ4v) is 2.43. The second kappa shape index (κ2) is 5.29. The summed E-state index contributed by atoms with van der Waals surface area (Å²) in [6, 6.07) is 17.8. The molecule has 1 aliphatic rings. The first-order valence-corrected chi connectivity index (χ1v) is 6.64. The highest BCUT2D eigenvalue weighted by Gasteiger charge is 2.33. The summed E-state index contributed by atoms with van der Waals surface area (Å²) >= 11 is 0. The van der Waals surface area contributed by atoms with Gasteiger partial charge in [0.1, 0.15) is 11.6 Å². The molecular weight excluding hydrogens is 250 g/mol. The largest absolute Gasteiger partial charge is 0.344 e. The summed E-state index contributed by atoms with van der Waals surface area (Å²) in [6.07, 6.45) is 0.624. The molecule has 1 unspecified atom stereocenters. The summed E-state index contributed by atoms with van der Waals surface area (Å²) in [5.41, 5.74) is 4.00. The highest BCUT2D eigenvalue weighted by Crippen LogP contribution is 2.23. The van der Waals surface area contributed by atoms with Gasteiger partial charge in [0, 0.05) is 5.56 Å². The van der Waals surface area contributed by atoms with Gasteiger partial charge in [-0.25, -0.2) is 4.79 Å². The molecule has 3 heteroatoms. The molecule has 100 valence electrons. The zero-order chi connectivity index (χ0) is 13.9. The van der Waals surface area contributed by atoms with Crippen molar-refractivity contribution in [1.29, 1.82) is 0 Å². The van der Waals surface area contributed by atoms with Gasteiger partial charge in [-0.05, 0) is 24.5 Å². The van der Waals surface area contributed by atoms with Crippen molar-refractivity contribution < 1.29 is 9.63 Å². The highest BCUT2D eigenvalue weighted by atomic mass is 16.7. The van der Waals surface area contributed by atoms with Gasteiger partial charge in [0.25, 0.3) is 0 Å². The summed E-state index contributed by atoms with van der Waals surface area (Å²) in [4.78, 5) is 16.8. The SMILES string of the molecule is Cc1ccccc1CC1C(=O)ON=C1c1ccccc1. The second-order valence-corrected chi connectivity index (χ2v) is 4.94. The molecule has 1 heterocycles. The Hall–Kier alpha value is -2.42. The first-order valence-electron chi connectivity index (χ1n) is 6.64. The van der Waals surface area contributed by atoms with Gasteiger partial charge in [0.05, 0.1) is 0 Å². The van der Waals surface area contributed by atoms with E-state index in [1.165, 1.54) is 5.56 Å². The number of nitrogens with zero attached hydrogens (tertiary/aromatic N) is 1. The van der Waals surface area contributed by atoms with Crippen molar-refractivity contribution in [3.05, 3.63) is 71.3 Å². The lowest BCUT2D eigenvalue weighted by Gasteiger charge is -2.11. The maximum Gasteiger partial charge on any atom is 0.344 e. The summed E-state index contributed by atoms with van der Waals surface area (Å²) in [7, 11) is 0. The van der Waals surface area contributed by atoms with Gasteiger partial charge >= 0.3 is 5.97 Å². The van der Waals surface area contributed by atoms with Crippen LogP contribution in [0.4, 0.5) is 0 Å². The van der Waals surface area contributed by atoms with Crippen molar-refractivity contribution >= 4 is 11.7 Å². The second-order valence-electron chi connectivity index (χ2n) is 4.94. The number of carbonyl (C=O) groups excluding carboxylic acids is 1. The first-order chi connectivity index (χ1) is 9.75. The topological polar surface area (TPSA) is 38.7 Å². The first kappa shape index (κ1) is 12.6. The van der Waals surface area contributed by atoms with Crippen molar-refractivity contribution in [2.24, 2.45) is 11.1 Å². The van der Waals surface area contributed by atoms with E-state index in [2.05, 4.69) is 18.1 Å². The third-order valence-electron chi connectivity index (χ3n) is 3.60. The number of hydrogen-bond donors (Lipinski definition) is 0. The highest BCUT2D eigenvalue weighted by molar-refractivity contribution is 6.14. The van der Waals surface area contributed by atoms with Crippen LogP contribution in [0, 0.1) is 12.8 Å². The minimum atomic E-state index is -0.321. The van der Waals surface area contributed by atoms with Crippen LogP contribution in [-0.4, -0.2) is 11.7 Å². The number of rotatable bonds is 3. The van der Waals surface area contributed by atoms with Crippen molar-refractivity contribution in [1.82, 2.24) is 0 Å². The van der Waals surface area contributed by atoms with Crippen LogP contribution in [0.1, 0.15) is 16.7 Å². The molecule has 0 saturated heterocycles. The van der Waals surface area contributed by atoms with Gasteiger partial charge in [-0.2, -0.15) is 0 Å². The molecule has 2 aromatic carbocycles. The van der Waals surface area contributed by atoms with Gasteiger partial charge < -0.3 is 4.84 Å². The Bertz CT molecular complexity index is 662. The average Bonchev–Trinajstić information content (AvgIpc) is 2.84. The molecule has 0 spiro atoms. The van der Waals surface area contributed by atoms with Crippen molar-refractivity contribution in [2.45, 2.75) is 13.3 Å². The zero-order valence-corrected chi connectivity index (χ0v) is 11.2. The number of aryl methyl sites for hydroxylation is 1. The normalized spacial score (nSPS) is 17.8. The molecular formula is C17H15NO2. The van der Waals surface area contributed by atoms with Crippen LogP contribution in [0.2, 0.25) is 0 Å². The van der Waals surface area contributed by atoms with E-state index in [1.54, 1.807) is 0 Å². The van der Waals surface area contributed by atoms with E-state index < -0.39 is 0 Å². The molecule has 20 heavy (non-hydrogen) atoms. The van der Waals surface area contributed by atoms with E-state index in [1.807, 2.05) is 48.5 Å².